The molecular formula is C16H25NO. The highest BCUT2D eigenvalue weighted by Gasteiger charge is 2.32. The molecule has 0 amide bonds. The van der Waals surface area contributed by atoms with Gasteiger partial charge in [0.05, 0.1) is 0 Å². The van der Waals surface area contributed by atoms with Gasteiger partial charge in [-0.05, 0) is 62.1 Å². The minimum atomic E-state index is 0.311. The molecule has 0 bridgehead atoms. The Kier molecular flexibility index (Phi) is 4.79. The minimum absolute atomic E-state index is 0.311. The number of hydrogen-bond acceptors (Lipinski definition) is 2. The van der Waals surface area contributed by atoms with E-state index in [9.17, 15) is 0 Å². The summed E-state index contributed by atoms with van der Waals surface area (Å²) in [6.45, 7) is 4.54. The van der Waals surface area contributed by atoms with Crippen LogP contribution in [-0.4, -0.2) is 19.8 Å². The predicted molar refractivity (Wildman–Crippen MR) is 75.7 cm³/mol. The molecule has 2 rings (SSSR count). The van der Waals surface area contributed by atoms with Crippen LogP contribution in [0.2, 0.25) is 0 Å². The van der Waals surface area contributed by atoms with Crippen molar-refractivity contribution in [1.29, 1.82) is 0 Å². The first-order valence-electron chi connectivity index (χ1n) is 7.14. The molecule has 0 saturated heterocycles. The molecule has 1 aromatic rings. The van der Waals surface area contributed by atoms with Gasteiger partial charge in [-0.1, -0.05) is 24.3 Å². The van der Waals surface area contributed by atoms with E-state index in [2.05, 4.69) is 31.2 Å². The van der Waals surface area contributed by atoms with Crippen molar-refractivity contribution in [1.82, 2.24) is 0 Å². The van der Waals surface area contributed by atoms with E-state index in [1.165, 1.54) is 30.4 Å². The number of fused-ring (bicyclic) bond motifs is 1. The summed E-state index contributed by atoms with van der Waals surface area (Å²) >= 11 is 0. The molecule has 1 atom stereocenters. The van der Waals surface area contributed by atoms with Crippen LogP contribution >= 0.6 is 0 Å². The molecule has 1 unspecified atom stereocenters. The number of nitrogens with two attached hydrogens (primary N) is 1. The maximum atomic E-state index is 6.07. The molecular weight excluding hydrogens is 222 g/mol. The number of hydrogen-bond donors (Lipinski definition) is 1. The van der Waals surface area contributed by atoms with E-state index in [0.29, 0.717) is 5.41 Å². The molecule has 0 heterocycles. The van der Waals surface area contributed by atoms with Crippen LogP contribution in [0.4, 0.5) is 0 Å². The van der Waals surface area contributed by atoms with Crippen LogP contribution in [-0.2, 0) is 17.6 Å². The Morgan fingerprint density at radius 1 is 1.28 bits per heavy atom. The van der Waals surface area contributed by atoms with Gasteiger partial charge in [0.2, 0.25) is 0 Å². The van der Waals surface area contributed by atoms with Gasteiger partial charge in [0.25, 0.3) is 0 Å². The predicted octanol–water partition coefficient (Wildman–Crippen LogP) is 2.94. The van der Waals surface area contributed by atoms with Crippen LogP contribution in [0.3, 0.4) is 0 Å². The number of aryl methyl sites for hydroxylation is 1. The van der Waals surface area contributed by atoms with Crippen molar-refractivity contribution >= 4 is 0 Å². The fourth-order valence-electron chi connectivity index (χ4n) is 3.05. The summed E-state index contributed by atoms with van der Waals surface area (Å²) in [6, 6.07) is 8.81. The Hall–Kier alpha value is -0.860. The summed E-state index contributed by atoms with van der Waals surface area (Å²) in [5.74, 6) is 0. The largest absolute Gasteiger partial charge is 0.382 e. The van der Waals surface area contributed by atoms with Gasteiger partial charge in [0, 0.05) is 13.2 Å². The Morgan fingerprint density at radius 3 is 2.78 bits per heavy atom. The molecule has 1 aliphatic carbocycles. The first-order chi connectivity index (χ1) is 8.79. The Bertz CT molecular complexity index is 377. The van der Waals surface area contributed by atoms with Crippen molar-refractivity contribution in [2.45, 2.75) is 39.0 Å². The van der Waals surface area contributed by atoms with Crippen molar-refractivity contribution in [3.05, 3.63) is 35.4 Å². The highest BCUT2D eigenvalue weighted by atomic mass is 16.5. The van der Waals surface area contributed by atoms with Crippen molar-refractivity contribution in [2.24, 2.45) is 11.1 Å². The molecule has 18 heavy (non-hydrogen) atoms. The fraction of sp³-hybridized carbons (Fsp3) is 0.625. The molecule has 1 aliphatic rings. The zero-order valence-corrected chi connectivity index (χ0v) is 11.5. The third kappa shape index (κ3) is 3.12. The topological polar surface area (TPSA) is 35.2 Å². The van der Waals surface area contributed by atoms with E-state index in [0.717, 1.165) is 32.6 Å². The van der Waals surface area contributed by atoms with Crippen molar-refractivity contribution in [3.8, 4) is 0 Å². The first-order valence-corrected chi connectivity index (χ1v) is 7.14. The monoisotopic (exact) mass is 247 g/mol. The Labute approximate surface area is 111 Å². The van der Waals surface area contributed by atoms with Crippen LogP contribution in [0, 0.1) is 5.41 Å². The van der Waals surface area contributed by atoms with Crippen molar-refractivity contribution < 1.29 is 4.74 Å². The van der Waals surface area contributed by atoms with Crippen LogP contribution in [0.5, 0.6) is 0 Å². The Morgan fingerprint density at radius 2 is 2.06 bits per heavy atom. The van der Waals surface area contributed by atoms with Gasteiger partial charge < -0.3 is 10.5 Å². The summed E-state index contributed by atoms with van der Waals surface area (Å²) in [6.07, 6.45) is 5.88. The Balaban J connectivity index is 1.98. The first kappa shape index (κ1) is 13.6. The lowest BCUT2D eigenvalue weighted by Crippen LogP contribution is -2.36. The SMILES string of the molecule is CCOCCCC1(CN)CCc2ccccc2C1. The maximum Gasteiger partial charge on any atom is 0.0466 e. The number of benzene rings is 1. The van der Waals surface area contributed by atoms with E-state index in [4.69, 9.17) is 10.5 Å². The zero-order chi connectivity index (χ0) is 12.8. The van der Waals surface area contributed by atoms with Crippen LogP contribution in [0.15, 0.2) is 24.3 Å². The van der Waals surface area contributed by atoms with Crippen LogP contribution < -0.4 is 5.73 Å². The summed E-state index contributed by atoms with van der Waals surface area (Å²) in [7, 11) is 0. The molecule has 2 heteroatoms. The van der Waals surface area contributed by atoms with Gasteiger partial charge in [-0.25, -0.2) is 0 Å². The third-order valence-corrected chi connectivity index (χ3v) is 4.24. The van der Waals surface area contributed by atoms with Gasteiger partial charge in [0.15, 0.2) is 0 Å². The summed E-state index contributed by atoms with van der Waals surface area (Å²) < 4.78 is 5.44. The number of ether oxygens (including phenoxy) is 1. The zero-order valence-electron chi connectivity index (χ0n) is 11.5. The van der Waals surface area contributed by atoms with E-state index in [-0.39, 0.29) is 0 Å². The molecule has 0 spiro atoms. The fourth-order valence-corrected chi connectivity index (χ4v) is 3.05. The molecule has 2 N–H and O–H groups in total. The van der Waals surface area contributed by atoms with Gasteiger partial charge >= 0.3 is 0 Å². The normalized spacial score (nSPS) is 22.8. The molecule has 0 fully saturated rings. The molecule has 0 aromatic heterocycles. The van der Waals surface area contributed by atoms with Gasteiger partial charge in [-0.3, -0.25) is 0 Å². The van der Waals surface area contributed by atoms with Gasteiger partial charge in [-0.15, -0.1) is 0 Å². The van der Waals surface area contributed by atoms with E-state index in [1.807, 2.05) is 0 Å². The molecule has 1 aromatic carbocycles. The standard InChI is InChI=1S/C16H25NO/c1-2-18-11-5-9-16(13-17)10-8-14-6-3-4-7-15(14)12-16/h3-4,6-7H,2,5,8-13,17H2,1H3. The van der Waals surface area contributed by atoms with Crippen molar-refractivity contribution in [3.63, 3.8) is 0 Å². The second kappa shape index (κ2) is 6.35. The van der Waals surface area contributed by atoms with E-state index in [1.54, 1.807) is 0 Å². The lowest BCUT2D eigenvalue weighted by molar-refractivity contribution is 0.124. The summed E-state index contributed by atoms with van der Waals surface area (Å²) in [5, 5.41) is 0. The van der Waals surface area contributed by atoms with Gasteiger partial charge in [-0.2, -0.15) is 0 Å². The smallest absolute Gasteiger partial charge is 0.0466 e. The highest BCUT2D eigenvalue weighted by molar-refractivity contribution is 5.31. The third-order valence-electron chi connectivity index (χ3n) is 4.24. The number of rotatable bonds is 6. The molecule has 0 radical (unpaired) electrons. The maximum absolute atomic E-state index is 6.07. The lowest BCUT2D eigenvalue weighted by Gasteiger charge is -2.37. The lowest BCUT2D eigenvalue weighted by atomic mass is 9.69. The molecule has 0 aliphatic heterocycles. The van der Waals surface area contributed by atoms with Crippen LogP contribution in [0.25, 0.3) is 0 Å². The van der Waals surface area contributed by atoms with E-state index < -0.39 is 0 Å². The highest BCUT2D eigenvalue weighted by Crippen LogP contribution is 2.38. The quantitative estimate of drug-likeness (QED) is 0.784. The average Bonchev–Trinajstić information content (AvgIpc) is 2.43. The average molecular weight is 247 g/mol. The minimum Gasteiger partial charge on any atom is -0.382 e. The summed E-state index contributed by atoms with van der Waals surface area (Å²) in [4.78, 5) is 0. The van der Waals surface area contributed by atoms with Gasteiger partial charge in [0.1, 0.15) is 0 Å². The van der Waals surface area contributed by atoms with E-state index >= 15 is 0 Å². The van der Waals surface area contributed by atoms with Crippen LogP contribution in [0.1, 0.15) is 37.3 Å². The molecule has 2 nitrogen and oxygen atoms in total. The molecule has 0 saturated carbocycles. The summed E-state index contributed by atoms with van der Waals surface area (Å²) in [5.41, 5.74) is 9.41. The second-order valence-electron chi connectivity index (χ2n) is 5.45. The second-order valence-corrected chi connectivity index (χ2v) is 5.45. The molecule has 100 valence electrons. The van der Waals surface area contributed by atoms with Crippen molar-refractivity contribution in [2.75, 3.05) is 19.8 Å².